The molecule has 0 aromatic heterocycles. The number of hydrogen-bond donors (Lipinski definition) is 1. The number of benzene rings is 1. The largest absolute Gasteiger partial charge is 0.463 e. The van der Waals surface area contributed by atoms with Gasteiger partial charge in [0.1, 0.15) is 12.6 Å². The van der Waals surface area contributed by atoms with Crippen LogP contribution in [0.5, 0.6) is 0 Å². The fourth-order valence-corrected chi connectivity index (χ4v) is 2.15. The molecule has 1 atom stereocenters. The molecular formula is C14H20ClNO2S. The number of thioether (sulfide) groups is 1. The molecule has 0 bridgehead atoms. The molecule has 1 N–H and O–H groups in total. The number of esters is 1. The van der Waals surface area contributed by atoms with Gasteiger partial charge in [-0.2, -0.15) is 11.8 Å². The lowest BCUT2D eigenvalue weighted by Crippen LogP contribution is -2.29. The predicted octanol–water partition coefficient (Wildman–Crippen LogP) is 3.61. The van der Waals surface area contributed by atoms with E-state index in [1.807, 2.05) is 24.5 Å². The average Bonchev–Trinajstić information content (AvgIpc) is 2.41. The SMILES string of the molecule is CCc1cccc(Cl)c1N[C@@H](C)C(=O)OCCSC. The van der Waals surface area contributed by atoms with Crippen LogP contribution in [0.25, 0.3) is 0 Å². The van der Waals surface area contributed by atoms with Crippen LogP contribution >= 0.6 is 23.4 Å². The van der Waals surface area contributed by atoms with Gasteiger partial charge in [-0.25, -0.2) is 4.79 Å². The summed E-state index contributed by atoms with van der Waals surface area (Å²) in [7, 11) is 0. The number of rotatable bonds is 7. The minimum atomic E-state index is -0.410. The van der Waals surface area contributed by atoms with Crippen LogP contribution in [0, 0.1) is 0 Å². The fourth-order valence-electron chi connectivity index (χ4n) is 1.65. The van der Waals surface area contributed by atoms with Gasteiger partial charge in [-0.1, -0.05) is 30.7 Å². The molecule has 0 unspecified atom stereocenters. The highest BCUT2D eigenvalue weighted by Gasteiger charge is 2.16. The van der Waals surface area contributed by atoms with Crippen molar-refractivity contribution in [2.75, 3.05) is 23.9 Å². The quantitative estimate of drug-likeness (QED) is 0.617. The number of carbonyl (C=O) groups excluding carboxylic acids is 1. The van der Waals surface area contributed by atoms with Gasteiger partial charge in [-0.3, -0.25) is 0 Å². The molecule has 0 radical (unpaired) electrons. The third-order valence-electron chi connectivity index (χ3n) is 2.73. The van der Waals surface area contributed by atoms with Crippen molar-refractivity contribution in [1.82, 2.24) is 0 Å². The zero-order chi connectivity index (χ0) is 14.3. The molecular weight excluding hydrogens is 282 g/mol. The van der Waals surface area contributed by atoms with Crippen molar-refractivity contribution in [2.45, 2.75) is 26.3 Å². The highest BCUT2D eigenvalue weighted by atomic mass is 35.5. The van der Waals surface area contributed by atoms with Crippen LogP contribution in [-0.4, -0.2) is 30.6 Å². The number of para-hydroxylation sites is 1. The molecule has 0 heterocycles. The highest BCUT2D eigenvalue weighted by molar-refractivity contribution is 7.98. The van der Waals surface area contributed by atoms with Gasteiger partial charge >= 0.3 is 5.97 Å². The van der Waals surface area contributed by atoms with Crippen molar-refractivity contribution in [2.24, 2.45) is 0 Å². The Hall–Kier alpha value is -0.870. The Morgan fingerprint density at radius 3 is 2.89 bits per heavy atom. The van der Waals surface area contributed by atoms with E-state index in [0.717, 1.165) is 23.4 Å². The van der Waals surface area contributed by atoms with E-state index in [-0.39, 0.29) is 5.97 Å². The molecule has 19 heavy (non-hydrogen) atoms. The number of ether oxygens (including phenoxy) is 1. The van der Waals surface area contributed by atoms with Gasteiger partial charge in [-0.15, -0.1) is 0 Å². The van der Waals surface area contributed by atoms with E-state index in [1.54, 1.807) is 18.7 Å². The van der Waals surface area contributed by atoms with Crippen molar-refractivity contribution in [1.29, 1.82) is 0 Å². The summed E-state index contributed by atoms with van der Waals surface area (Å²) < 4.78 is 5.16. The van der Waals surface area contributed by atoms with E-state index in [2.05, 4.69) is 12.2 Å². The van der Waals surface area contributed by atoms with E-state index in [0.29, 0.717) is 11.6 Å². The number of carbonyl (C=O) groups is 1. The van der Waals surface area contributed by atoms with Gasteiger partial charge in [0.25, 0.3) is 0 Å². The maximum atomic E-state index is 11.8. The monoisotopic (exact) mass is 301 g/mol. The molecule has 0 saturated heterocycles. The maximum absolute atomic E-state index is 11.8. The van der Waals surface area contributed by atoms with Gasteiger partial charge < -0.3 is 10.1 Å². The first-order valence-electron chi connectivity index (χ1n) is 6.29. The summed E-state index contributed by atoms with van der Waals surface area (Å²) in [5.41, 5.74) is 1.91. The lowest BCUT2D eigenvalue weighted by molar-refractivity contribution is -0.143. The summed E-state index contributed by atoms with van der Waals surface area (Å²) in [4.78, 5) is 11.8. The Kier molecular flexibility index (Phi) is 7.10. The number of anilines is 1. The molecule has 0 aliphatic rings. The predicted molar refractivity (Wildman–Crippen MR) is 83.3 cm³/mol. The first-order chi connectivity index (χ1) is 9.10. The molecule has 5 heteroatoms. The van der Waals surface area contributed by atoms with E-state index >= 15 is 0 Å². The fraction of sp³-hybridized carbons (Fsp3) is 0.500. The molecule has 0 fully saturated rings. The van der Waals surface area contributed by atoms with E-state index in [1.165, 1.54) is 0 Å². The second kappa shape index (κ2) is 8.33. The standard InChI is InChI=1S/C14H20ClNO2S/c1-4-11-6-5-7-12(15)13(11)16-10(2)14(17)18-8-9-19-3/h5-7,10,16H,4,8-9H2,1-3H3/t10-/m0/s1. The number of aryl methyl sites for hydroxylation is 1. The molecule has 0 saturated carbocycles. The summed E-state index contributed by atoms with van der Waals surface area (Å²) in [6.07, 6.45) is 2.84. The van der Waals surface area contributed by atoms with Crippen LogP contribution in [0.4, 0.5) is 5.69 Å². The maximum Gasteiger partial charge on any atom is 0.328 e. The second-order valence-corrected chi connectivity index (χ2v) is 5.55. The van der Waals surface area contributed by atoms with Crippen molar-refractivity contribution < 1.29 is 9.53 Å². The highest BCUT2D eigenvalue weighted by Crippen LogP contribution is 2.27. The Bertz CT molecular complexity index is 426. The average molecular weight is 302 g/mol. The minimum Gasteiger partial charge on any atom is -0.463 e. The summed E-state index contributed by atoms with van der Waals surface area (Å²) in [5.74, 6) is 0.557. The van der Waals surface area contributed by atoms with Gasteiger partial charge in [-0.05, 0) is 31.2 Å². The number of nitrogens with one attached hydrogen (secondary N) is 1. The third kappa shape index (κ3) is 4.96. The Balaban J connectivity index is 2.66. The van der Waals surface area contributed by atoms with E-state index in [9.17, 15) is 4.79 Å². The number of hydrogen-bond acceptors (Lipinski definition) is 4. The van der Waals surface area contributed by atoms with Crippen LogP contribution < -0.4 is 5.32 Å². The van der Waals surface area contributed by atoms with E-state index < -0.39 is 6.04 Å². The molecule has 1 rings (SSSR count). The first-order valence-corrected chi connectivity index (χ1v) is 8.06. The molecule has 0 aliphatic carbocycles. The van der Waals surface area contributed by atoms with Gasteiger partial charge in [0.05, 0.1) is 10.7 Å². The van der Waals surface area contributed by atoms with E-state index in [4.69, 9.17) is 16.3 Å². The lowest BCUT2D eigenvalue weighted by atomic mass is 10.1. The van der Waals surface area contributed by atoms with Gasteiger partial charge in [0.2, 0.25) is 0 Å². The Morgan fingerprint density at radius 2 is 2.26 bits per heavy atom. The van der Waals surface area contributed by atoms with Crippen molar-refractivity contribution in [3.05, 3.63) is 28.8 Å². The van der Waals surface area contributed by atoms with Crippen molar-refractivity contribution >= 4 is 35.0 Å². The van der Waals surface area contributed by atoms with Crippen LogP contribution in [-0.2, 0) is 16.0 Å². The topological polar surface area (TPSA) is 38.3 Å². The van der Waals surface area contributed by atoms with Gasteiger partial charge in [0, 0.05) is 5.75 Å². The second-order valence-electron chi connectivity index (χ2n) is 4.15. The molecule has 1 aromatic carbocycles. The normalized spacial score (nSPS) is 12.0. The molecule has 1 aromatic rings. The van der Waals surface area contributed by atoms with Gasteiger partial charge in [0.15, 0.2) is 0 Å². The number of halogens is 1. The van der Waals surface area contributed by atoms with Crippen molar-refractivity contribution in [3.8, 4) is 0 Å². The summed E-state index contributed by atoms with van der Waals surface area (Å²) in [6.45, 7) is 4.28. The zero-order valence-electron chi connectivity index (χ0n) is 11.5. The molecule has 106 valence electrons. The molecule has 0 amide bonds. The van der Waals surface area contributed by atoms with Crippen molar-refractivity contribution in [3.63, 3.8) is 0 Å². The van der Waals surface area contributed by atoms with Crippen LogP contribution in [0.2, 0.25) is 5.02 Å². The summed E-state index contributed by atoms with van der Waals surface area (Å²) in [5, 5.41) is 3.77. The smallest absolute Gasteiger partial charge is 0.328 e. The van der Waals surface area contributed by atoms with Crippen LogP contribution in [0.1, 0.15) is 19.4 Å². The third-order valence-corrected chi connectivity index (χ3v) is 3.62. The Labute approximate surface area is 124 Å². The lowest BCUT2D eigenvalue weighted by Gasteiger charge is -2.18. The summed E-state index contributed by atoms with van der Waals surface area (Å²) >= 11 is 7.81. The summed E-state index contributed by atoms with van der Waals surface area (Å²) in [6, 6.07) is 5.31. The van der Waals surface area contributed by atoms with Crippen LogP contribution in [0.15, 0.2) is 18.2 Å². The Morgan fingerprint density at radius 1 is 1.53 bits per heavy atom. The van der Waals surface area contributed by atoms with Crippen LogP contribution in [0.3, 0.4) is 0 Å². The zero-order valence-corrected chi connectivity index (χ0v) is 13.1. The molecule has 3 nitrogen and oxygen atoms in total. The molecule has 0 aliphatic heterocycles. The first kappa shape index (κ1) is 16.2. The molecule has 0 spiro atoms. The minimum absolute atomic E-state index is 0.254.